The highest BCUT2D eigenvalue weighted by Gasteiger charge is 2.39. The third-order valence-electron chi connectivity index (χ3n) is 4.32. The third-order valence-corrected chi connectivity index (χ3v) is 5.32. The van der Waals surface area contributed by atoms with Gasteiger partial charge in [0.05, 0.1) is 11.8 Å². The summed E-state index contributed by atoms with van der Waals surface area (Å²) in [5.74, 6) is -1.50. The van der Waals surface area contributed by atoms with E-state index < -0.39 is 17.5 Å². The van der Waals surface area contributed by atoms with Gasteiger partial charge >= 0.3 is 6.18 Å². The maximum absolute atomic E-state index is 12.7. The molecule has 0 unspecified atom stereocenters. The molecule has 6 nitrogen and oxygen atoms in total. The molecule has 1 aromatic heterocycles. The van der Waals surface area contributed by atoms with Crippen molar-refractivity contribution in [1.29, 1.82) is 5.26 Å². The molecule has 132 valence electrons. The number of nitrogens with zero attached hydrogens (tertiary/aromatic N) is 5. The Balaban J connectivity index is 2.03. The van der Waals surface area contributed by atoms with E-state index in [1.165, 1.54) is 11.9 Å². The Kier molecular flexibility index (Phi) is 5.42. The van der Waals surface area contributed by atoms with Crippen LogP contribution in [0.2, 0.25) is 0 Å². The van der Waals surface area contributed by atoms with E-state index in [1.54, 1.807) is 7.05 Å². The fraction of sp³-hybridized carbons (Fsp3) is 0.714. The van der Waals surface area contributed by atoms with Crippen LogP contribution < -0.4 is 0 Å². The lowest BCUT2D eigenvalue weighted by Gasteiger charge is -2.39. The highest BCUT2D eigenvalue weighted by Crippen LogP contribution is 2.33. The average molecular weight is 361 g/mol. The Morgan fingerprint density at radius 2 is 2.00 bits per heavy atom. The molecule has 1 fully saturated rings. The number of aromatic nitrogens is 3. The number of nitriles is 1. The summed E-state index contributed by atoms with van der Waals surface area (Å²) in [5.41, 5.74) is -0.813. The largest absolute Gasteiger partial charge is 0.451 e. The Labute approximate surface area is 142 Å². The minimum Gasteiger partial charge on any atom is -0.326 e. The molecule has 0 aliphatic heterocycles. The summed E-state index contributed by atoms with van der Waals surface area (Å²) in [6.07, 6.45) is -0.530. The first-order valence-corrected chi connectivity index (χ1v) is 8.47. The van der Waals surface area contributed by atoms with Crippen molar-refractivity contribution >= 4 is 17.7 Å². The molecular formula is C14H18F3N5OS. The van der Waals surface area contributed by atoms with E-state index in [0.717, 1.165) is 35.6 Å². The molecule has 0 N–H and O–H groups in total. The Morgan fingerprint density at radius 3 is 2.50 bits per heavy atom. The monoisotopic (exact) mass is 361 g/mol. The summed E-state index contributed by atoms with van der Waals surface area (Å²) >= 11 is 0.882. The molecule has 0 atom stereocenters. The minimum atomic E-state index is -4.59. The molecule has 24 heavy (non-hydrogen) atoms. The quantitative estimate of drug-likeness (QED) is 0.771. The molecule has 0 radical (unpaired) electrons. The molecule has 1 heterocycles. The minimum absolute atomic E-state index is 0.0127. The lowest BCUT2D eigenvalue weighted by molar-refractivity contribution is -0.147. The van der Waals surface area contributed by atoms with E-state index in [0.29, 0.717) is 12.8 Å². The van der Waals surface area contributed by atoms with Crippen LogP contribution >= 0.6 is 11.8 Å². The fourth-order valence-corrected chi connectivity index (χ4v) is 3.63. The number of thioether (sulfide) groups is 1. The number of carbonyl (C=O) groups is 1. The highest BCUT2D eigenvalue weighted by atomic mass is 32.2. The van der Waals surface area contributed by atoms with Crippen molar-refractivity contribution in [3.8, 4) is 6.07 Å². The molecule has 10 heteroatoms. The zero-order valence-corrected chi connectivity index (χ0v) is 14.2. The number of carbonyl (C=O) groups excluding carboxylic acids is 1. The molecule has 0 saturated heterocycles. The molecule has 1 aromatic rings. The van der Waals surface area contributed by atoms with Crippen LogP contribution in [0.5, 0.6) is 0 Å². The summed E-state index contributed by atoms with van der Waals surface area (Å²) in [6.45, 7) is 0. The van der Waals surface area contributed by atoms with Gasteiger partial charge in [-0.25, -0.2) is 0 Å². The highest BCUT2D eigenvalue weighted by molar-refractivity contribution is 7.99. The summed E-state index contributed by atoms with van der Waals surface area (Å²) in [5, 5.41) is 16.1. The maximum atomic E-state index is 12.7. The molecule has 0 bridgehead atoms. The molecule has 0 spiro atoms. The molecule has 0 aromatic carbocycles. The van der Waals surface area contributed by atoms with Gasteiger partial charge in [0.2, 0.25) is 11.7 Å². The number of halogens is 3. The second-order valence-corrected chi connectivity index (χ2v) is 6.75. The van der Waals surface area contributed by atoms with Crippen LogP contribution in [0.25, 0.3) is 0 Å². The van der Waals surface area contributed by atoms with E-state index in [1.807, 2.05) is 0 Å². The SMILES string of the molecule is CN(C(=O)CSc1nnc(C(F)(F)F)n1C)C1(C#N)CCCCC1. The Bertz CT molecular complexity index is 646. The first-order chi connectivity index (χ1) is 11.2. The number of rotatable bonds is 4. The second-order valence-electron chi connectivity index (χ2n) is 5.81. The van der Waals surface area contributed by atoms with Crippen molar-refractivity contribution in [3.05, 3.63) is 5.82 Å². The maximum Gasteiger partial charge on any atom is 0.451 e. The van der Waals surface area contributed by atoms with Crippen LogP contribution in [0.4, 0.5) is 13.2 Å². The van der Waals surface area contributed by atoms with Crippen LogP contribution in [0, 0.1) is 11.3 Å². The Hall–Kier alpha value is -1.76. The van der Waals surface area contributed by atoms with Gasteiger partial charge in [-0.2, -0.15) is 18.4 Å². The first-order valence-electron chi connectivity index (χ1n) is 7.48. The van der Waals surface area contributed by atoms with Gasteiger partial charge < -0.3 is 9.47 Å². The van der Waals surface area contributed by atoms with Crippen LogP contribution in [0.3, 0.4) is 0 Å². The molecule has 1 aliphatic carbocycles. The lowest BCUT2D eigenvalue weighted by atomic mass is 9.81. The van der Waals surface area contributed by atoms with E-state index in [4.69, 9.17) is 0 Å². The summed E-state index contributed by atoms with van der Waals surface area (Å²) in [4.78, 5) is 13.8. The van der Waals surface area contributed by atoms with Crippen LogP contribution in [0.15, 0.2) is 5.16 Å². The van der Waals surface area contributed by atoms with Gasteiger partial charge in [-0.3, -0.25) is 4.79 Å². The summed E-state index contributed by atoms with van der Waals surface area (Å²) in [7, 11) is 2.78. The van der Waals surface area contributed by atoms with E-state index in [-0.39, 0.29) is 16.8 Å². The van der Waals surface area contributed by atoms with Crippen molar-refractivity contribution < 1.29 is 18.0 Å². The topological polar surface area (TPSA) is 74.8 Å². The van der Waals surface area contributed by atoms with Gasteiger partial charge in [0.25, 0.3) is 0 Å². The van der Waals surface area contributed by atoms with E-state index >= 15 is 0 Å². The zero-order valence-electron chi connectivity index (χ0n) is 13.4. The predicted molar refractivity (Wildman–Crippen MR) is 80.9 cm³/mol. The number of hydrogen-bond donors (Lipinski definition) is 0. The van der Waals surface area contributed by atoms with Crippen molar-refractivity contribution in [2.45, 2.75) is 49.0 Å². The third kappa shape index (κ3) is 3.66. The van der Waals surface area contributed by atoms with Gasteiger partial charge in [0.15, 0.2) is 5.16 Å². The average Bonchev–Trinajstić information content (AvgIpc) is 2.93. The molecule has 1 aliphatic rings. The van der Waals surface area contributed by atoms with E-state index in [2.05, 4.69) is 16.3 Å². The van der Waals surface area contributed by atoms with E-state index in [9.17, 15) is 23.2 Å². The predicted octanol–water partition coefficient (Wildman–Crippen LogP) is 2.61. The van der Waals surface area contributed by atoms with Crippen molar-refractivity contribution in [2.24, 2.45) is 7.05 Å². The number of amides is 1. The first kappa shape index (κ1) is 18.6. The van der Waals surface area contributed by atoms with Crippen molar-refractivity contribution in [2.75, 3.05) is 12.8 Å². The fourth-order valence-electron chi connectivity index (χ4n) is 2.81. The molecule has 2 rings (SSSR count). The van der Waals surface area contributed by atoms with Crippen LogP contribution in [0.1, 0.15) is 37.9 Å². The van der Waals surface area contributed by atoms with Gasteiger partial charge in [0.1, 0.15) is 5.54 Å². The van der Waals surface area contributed by atoms with Crippen molar-refractivity contribution in [1.82, 2.24) is 19.7 Å². The van der Waals surface area contributed by atoms with Crippen LogP contribution in [-0.2, 0) is 18.0 Å². The smallest absolute Gasteiger partial charge is 0.326 e. The molecule has 1 saturated carbocycles. The lowest BCUT2D eigenvalue weighted by Crippen LogP contribution is -2.50. The number of hydrogen-bond acceptors (Lipinski definition) is 5. The molecular weight excluding hydrogens is 343 g/mol. The summed E-state index contributed by atoms with van der Waals surface area (Å²) < 4.78 is 38.9. The number of alkyl halides is 3. The molecule has 1 amide bonds. The second kappa shape index (κ2) is 7.01. The normalized spacial score (nSPS) is 17.3. The standard InChI is InChI=1S/C14H18F3N5OS/c1-21-11(14(15,16)17)19-20-12(21)24-8-10(23)22(2)13(9-18)6-4-3-5-7-13/h3-8H2,1-2H3. The van der Waals surface area contributed by atoms with Crippen molar-refractivity contribution in [3.63, 3.8) is 0 Å². The van der Waals surface area contributed by atoms with Gasteiger partial charge in [-0.1, -0.05) is 31.0 Å². The van der Waals surface area contributed by atoms with Gasteiger partial charge in [-0.05, 0) is 12.8 Å². The summed E-state index contributed by atoms with van der Waals surface area (Å²) in [6, 6.07) is 2.25. The Morgan fingerprint density at radius 1 is 1.38 bits per heavy atom. The van der Waals surface area contributed by atoms with Gasteiger partial charge in [-0.15, -0.1) is 10.2 Å². The van der Waals surface area contributed by atoms with Crippen LogP contribution in [-0.4, -0.2) is 43.9 Å². The van der Waals surface area contributed by atoms with Gasteiger partial charge in [0, 0.05) is 14.1 Å². The zero-order chi connectivity index (χ0) is 18.0.